The highest BCUT2D eigenvalue weighted by Crippen LogP contribution is 2.08. The van der Waals surface area contributed by atoms with Crippen LogP contribution in [-0.2, 0) is 0 Å². The highest BCUT2D eigenvalue weighted by molar-refractivity contribution is 5.14. The first-order valence-corrected chi connectivity index (χ1v) is 5.10. The number of nitrogens with zero attached hydrogens (tertiary/aromatic N) is 1. The maximum absolute atomic E-state index is 5.36. The van der Waals surface area contributed by atoms with Crippen molar-refractivity contribution in [3.63, 3.8) is 0 Å². The minimum Gasteiger partial charge on any atom is -0.404 e. The summed E-state index contributed by atoms with van der Waals surface area (Å²) in [5.41, 5.74) is 6.50. The molecule has 2 N–H and O–H groups in total. The van der Waals surface area contributed by atoms with Crippen LogP contribution in [0, 0.1) is 0 Å². The first-order chi connectivity index (χ1) is 6.33. The van der Waals surface area contributed by atoms with Crippen LogP contribution >= 0.6 is 0 Å². The lowest BCUT2D eigenvalue weighted by Gasteiger charge is -2.24. The summed E-state index contributed by atoms with van der Waals surface area (Å²) in [6, 6.07) is 0. The summed E-state index contributed by atoms with van der Waals surface area (Å²) in [6.45, 7) is 5.61. The Hall–Kier alpha value is -0.760. The summed E-state index contributed by atoms with van der Waals surface area (Å²) in [5, 5.41) is 0. The zero-order valence-electron chi connectivity index (χ0n) is 8.50. The van der Waals surface area contributed by atoms with Crippen molar-refractivity contribution < 1.29 is 0 Å². The minimum absolute atomic E-state index is 1.07. The van der Waals surface area contributed by atoms with Gasteiger partial charge < -0.3 is 5.73 Å². The molecule has 13 heavy (non-hydrogen) atoms. The van der Waals surface area contributed by atoms with E-state index in [4.69, 9.17) is 5.73 Å². The van der Waals surface area contributed by atoms with Gasteiger partial charge in [0, 0.05) is 6.54 Å². The molecule has 2 nitrogen and oxygen atoms in total. The van der Waals surface area contributed by atoms with Gasteiger partial charge in [0.05, 0.1) is 0 Å². The van der Waals surface area contributed by atoms with E-state index in [0.29, 0.717) is 0 Å². The van der Waals surface area contributed by atoms with Crippen LogP contribution in [0.15, 0.2) is 23.9 Å². The fourth-order valence-corrected chi connectivity index (χ4v) is 1.59. The zero-order chi connectivity index (χ0) is 9.52. The summed E-state index contributed by atoms with van der Waals surface area (Å²) in [5.74, 6) is 0. The van der Waals surface area contributed by atoms with E-state index < -0.39 is 0 Å². The molecular formula is C11H20N2. The molecule has 0 aromatic rings. The summed E-state index contributed by atoms with van der Waals surface area (Å²) >= 11 is 0. The van der Waals surface area contributed by atoms with Crippen LogP contribution in [0.3, 0.4) is 0 Å². The Morgan fingerprint density at radius 1 is 1.31 bits per heavy atom. The van der Waals surface area contributed by atoms with Crippen LogP contribution in [0.2, 0.25) is 0 Å². The number of allylic oxidation sites excluding steroid dienone is 2. The van der Waals surface area contributed by atoms with Crippen molar-refractivity contribution in [3.05, 3.63) is 23.9 Å². The van der Waals surface area contributed by atoms with Crippen molar-refractivity contribution in [1.29, 1.82) is 0 Å². The average molecular weight is 180 g/mol. The second-order valence-electron chi connectivity index (χ2n) is 3.67. The van der Waals surface area contributed by atoms with Gasteiger partial charge in [-0.2, -0.15) is 0 Å². The smallest absolute Gasteiger partial charge is 0.0166 e. The van der Waals surface area contributed by atoms with E-state index in [1.165, 1.54) is 32.4 Å². The Balaban J connectivity index is 2.20. The topological polar surface area (TPSA) is 29.3 Å². The van der Waals surface area contributed by atoms with Crippen LogP contribution in [-0.4, -0.2) is 24.5 Å². The molecule has 74 valence electrons. The van der Waals surface area contributed by atoms with Crippen LogP contribution in [0.4, 0.5) is 0 Å². The van der Waals surface area contributed by atoms with Crippen LogP contribution in [0.25, 0.3) is 0 Å². The van der Waals surface area contributed by atoms with Crippen molar-refractivity contribution in [2.45, 2.75) is 26.2 Å². The zero-order valence-corrected chi connectivity index (χ0v) is 8.50. The summed E-state index contributed by atoms with van der Waals surface area (Å²) < 4.78 is 0. The van der Waals surface area contributed by atoms with E-state index in [2.05, 4.69) is 17.1 Å². The van der Waals surface area contributed by atoms with Gasteiger partial charge >= 0.3 is 0 Å². The molecule has 0 saturated carbocycles. The molecule has 2 heteroatoms. The van der Waals surface area contributed by atoms with Gasteiger partial charge in [0.1, 0.15) is 0 Å². The number of hydrogen-bond donors (Lipinski definition) is 1. The van der Waals surface area contributed by atoms with Crippen LogP contribution in [0.5, 0.6) is 0 Å². The second kappa shape index (κ2) is 5.81. The molecule has 1 aliphatic rings. The van der Waals surface area contributed by atoms with Gasteiger partial charge in [-0.15, -0.1) is 0 Å². The summed E-state index contributed by atoms with van der Waals surface area (Å²) in [4.78, 5) is 2.49. The van der Waals surface area contributed by atoms with Crippen molar-refractivity contribution in [1.82, 2.24) is 4.90 Å². The first kappa shape index (κ1) is 10.3. The Bertz CT molecular complexity index is 188. The lowest BCUT2D eigenvalue weighted by atomic mass is 10.1. The molecule has 0 aromatic heterocycles. The molecule has 0 amide bonds. The van der Waals surface area contributed by atoms with Gasteiger partial charge in [0.2, 0.25) is 0 Å². The third kappa shape index (κ3) is 4.13. The fourth-order valence-electron chi connectivity index (χ4n) is 1.59. The van der Waals surface area contributed by atoms with Gasteiger partial charge in [-0.3, -0.25) is 4.90 Å². The molecule has 0 bridgehead atoms. The second-order valence-corrected chi connectivity index (χ2v) is 3.67. The molecule has 0 atom stereocenters. The highest BCUT2D eigenvalue weighted by Gasteiger charge is 2.06. The van der Waals surface area contributed by atoms with Gasteiger partial charge in [-0.1, -0.05) is 18.6 Å². The summed E-state index contributed by atoms with van der Waals surface area (Å²) in [7, 11) is 0. The van der Waals surface area contributed by atoms with Crippen molar-refractivity contribution >= 4 is 0 Å². The predicted octanol–water partition coefficient (Wildman–Crippen LogP) is 1.89. The predicted molar refractivity (Wildman–Crippen MR) is 57.4 cm³/mol. The summed E-state index contributed by atoms with van der Waals surface area (Å²) in [6.07, 6.45) is 10.1. The van der Waals surface area contributed by atoms with Gasteiger partial charge in [0.25, 0.3) is 0 Å². The molecule has 0 radical (unpaired) electrons. The number of hydrogen-bond acceptors (Lipinski definition) is 2. The van der Waals surface area contributed by atoms with E-state index in [1.54, 1.807) is 6.20 Å². The molecule has 1 rings (SSSR count). The molecule has 1 saturated heterocycles. The molecule has 0 unspecified atom stereocenters. The first-order valence-electron chi connectivity index (χ1n) is 5.10. The Labute approximate surface area is 81.1 Å². The van der Waals surface area contributed by atoms with Crippen LogP contribution in [0.1, 0.15) is 26.2 Å². The number of nitrogens with two attached hydrogens (primary N) is 1. The number of piperidine rings is 1. The van der Waals surface area contributed by atoms with Gasteiger partial charge in [-0.05, 0) is 44.6 Å². The van der Waals surface area contributed by atoms with Crippen molar-refractivity contribution in [2.75, 3.05) is 19.6 Å². The number of rotatable bonds is 3. The monoisotopic (exact) mass is 180 g/mol. The van der Waals surface area contributed by atoms with E-state index in [1.807, 2.05) is 6.92 Å². The average Bonchev–Trinajstić information content (AvgIpc) is 2.19. The highest BCUT2D eigenvalue weighted by atomic mass is 15.1. The van der Waals surface area contributed by atoms with E-state index in [0.717, 1.165) is 12.1 Å². The maximum atomic E-state index is 5.36. The lowest BCUT2D eigenvalue weighted by Crippen LogP contribution is -2.29. The normalized spacial score (nSPS) is 21.2. The van der Waals surface area contributed by atoms with Gasteiger partial charge in [0.15, 0.2) is 0 Å². The van der Waals surface area contributed by atoms with Gasteiger partial charge in [-0.25, -0.2) is 0 Å². The third-order valence-corrected chi connectivity index (χ3v) is 2.46. The molecule has 0 spiro atoms. The molecule has 1 heterocycles. The SMILES string of the molecule is CC(/C=C\CN1CCCCC1)=C/N. The fraction of sp³-hybridized carbons (Fsp3) is 0.636. The third-order valence-electron chi connectivity index (χ3n) is 2.46. The molecule has 0 aliphatic carbocycles. The van der Waals surface area contributed by atoms with Crippen LogP contribution < -0.4 is 5.73 Å². The maximum Gasteiger partial charge on any atom is 0.0166 e. The standard InChI is InChI=1S/C11H20N2/c1-11(10-12)6-5-9-13-7-3-2-4-8-13/h5-6,10H,2-4,7-9,12H2,1H3/b6-5-,11-10-. The van der Waals surface area contributed by atoms with E-state index >= 15 is 0 Å². The number of likely N-dealkylation sites (tertiary alicyclic amines) is 1. The minimum atomic E-state index is 1.07. The largest absolute Gasteiger partial charge is 0.404 e. The molecule has 0 aromatic carbocycles. The van der Waals surface area contributed by atoms with E-state index in [9.17, 15) is 0 Å². The van der Waals surface area contributed by atoms with Crippen molar-refractivity contribution in [2.24, 2.45) is 5.73 Å². The Kier molecular flexibility index (Phi) is 4.61. The Morgan fingerprint density at radius 2 is 2.00 bits per heavy atom. The Morgan fingerprint density at radius 3 is 2.62 bits per heavy atom. The van der Waals surface area contributed by atoms with Crippen molar-refractivity contribution in [3.8, 4) is 0 Å². The quantitative estimate of drug-likeness (QED) is 0.672. The molecule has 1 aliphatic heterocycles. The lowest BCUT2D eigenvalue weighted by molar-refractivity contribution is 0.251. The molecular weight excluding hydrogens is 160 g/mol. The van der Waals surface area contributed by atoms with E-state index in [-0.39, 0.29) is 0 Å². The molecule has 1 fully saturated rings.